The zero-order chi connectivity index (χ0) is 18.0. The van der Waals surface area contributed by atoms with E-state index in [1.165, 1.54) is 64.0 Å². The summed E-state index contributed by atoms with van der Waals surface area (Å²) in [6, 6.07) is 10.8. The Morgan fingerprint density at radius 3 is 2.22 bits per heavy atom. The SMILES string of the molecule is I.NC(=NCCCCN1CCN(Cc2ccccc2)CC1)N1CCCCC1. The van der Waals surface area contributed by atoms with Gasteiger partial charge in [-0.1, -0.05) is 30.3 Å². The molecule has 1 aromatic rings. The van der Waals surface area contributed by atoms with Gasteiger partial charge in [0.2, 0.25) is 0 Å². The van der Waals surface area contributed by atoms with Crippen LogP contribution in [-0.4, -0.2) is 73.0 Å². The van der Waals surface area contributed by atoms with E-state index < -0.39 is 0 Å². The number of guanidine groups is 1. The molecule has 5 nitrogen and oxygen atoms in total. The molecule has 2 aliphatic heterocycles. The molecule has 1 aromatic carbocycles. The van der Waals surface area contributed by atoms with Crippen LogP contribution in [0.5, 0.6) is 0 Å². The number of hydrogen-bond donors (Lipinski definition) is 1. The fourth-order valence-corrected chi connectivity index (χ4v) is 3.88. The number of halogens is 1. The molecule has 2 heterocycles. The number of nitrogens with zero attached hydrogens (tertiary/aromatic N) is 4. The number of nitrogens with two attached hydrogens (primary N) is 1. The molecule has 6 heteroatoms. The van der Waals surface area contributed by atoms with Crippen LogP contribution in [0, 0.1) is 0 Å². The van der Waals surface area contributed by atoms with Gasteiger partial charge in [-0.3, -0.25) is 9.89 Å². The van der Waals surface area contributed by atoms with E-state index in [-0.39, 0.29) is 24.0 Å². The van der Waals surface area contributed by atoms with Crippen molar-refractivity contribution in [3.05, 3.63) is 35.9 Å². The Balaban J connectivity index is 0.00000261. The van der Waals surface area contributed by atoms with Gasteiger partial charge in [0, 0.05) is 52.4 Å². The van der Waals surface area contributed by atoms with Crippen LogP contribution >= 0.6 is 24.0 Å². The third-order valence-electron chi connectivity index (χ3n) is 5.55. The van der Waals surface area contributed by atoms with E-state index in [1.807, 2.05) is 0 Å². The molecule has 0 bridgehead atoms. The van der Waals surface area contributed by atoms with Crippen LogP contribution in [0.2, 0.25) is 0 Å². The maximum Gasteiger partial charge on any atom is 0.191 e. The molecule has 2 saturated heterocycles. The summed E-state index contributed by atoms with van der Waals surface area (Å²) in [5.74, 6) is 0.763. The van der Waals surface area contributed by atoms with Gasteiger partial charge >= 0.3 is 0 Å². The van der Waals surface area contributed by atoms with E-state index in [1.54, 1.807) is 0 Å². The maximum absolute atomic E-state index is 6.11. The van der Waals surface area contributed by atoms with Crippen molar-refractivity contribution in [2.24, 2.45) is 10.7 Å². The predicted octanol–water partition coefficient (Wildman–Crippen LogP) is 3.00. The highest BCUT2D eigenvalue weighted by atomic mass is 127. The van der Waals surface area contributed by atoms with Crippen molar-refractivity contribution in [3.8, 4) is 0 Å². The molecule has 3 rings (SSSR count). The van der Waals surface area contributed by atoms with Gasteiger partial charge in [-0.25, -0.2) is 0 Å². The first kappa shape index (κ1) is 22.4. The van der Waals surface area contributed by atoms with Crippen LogP contribution in [0.15, 0.2) is 35.3 Å². The molecule has 0 spiro atoms. The van der Waals surface area contributed by atoms with Crippen molar-refractivity contribution < 1.29 is 0 Å². The van der Waals surface area contributed by atoms with Gasteiger partial charge in [0.25, 0.3) is 0 Å². The lowest BCUT2D eigenvalue weighted by Crippen LogP contribution is -2.46. The first-order valence-electron chi connectivity index (χ1n) is 10.3. The second-order valence-corrected chi connectivity index (χ2v) is 7.60. The average Bonchev–Trinajstić information content (AvgIpc) is 2.70. The van der Waals surface area contributed by atoms with Crippen LogP contribution in [-0.2, 0) is 6.54 Å². The van der Waals surface area contributed by atoms with Crippen LogP contribution in [0.4, 0.5) is 0 Å². The van der Waals surface area contributed by atoms with Crippen molar-refractivity contribution in [1.82, 2.24) is 14.7 Å². The molecule has 0 unspecified atom stereocenters. The van der Waals surface area contributed by atoms with Crippen molar-refractivity contribution in [3.63, 3.8) is 0 Å². The summed E-state index contributed by atoms with van der Waals surface area (Å²) < 4.78 is 0. The molecule has 27 heavy (non-hydrogen) atoms. The minimum absolute atomic E-state index is 0. The lowest BCUT2D eigenvalue weighted by Gasteiger charge is -2.34. The molecular weight excluding hydrogens is 449 g/mol. The normalized spacial score (nSPS) is 19.7. The molecule has 0 atom stereocenters. The number of hydrogen-bond acceptors (Lipinski definition) is 3. The van der Waals surface area contributed by atoms with Crippen LogP contribution in [0.1, 0.15) is 37.7 Å². The standard InChI is InChI=1S/C21H35N5.HI/c22-21(26-13-6-2-7-14-26)23-11-5-8-12-24-15-17-25(18-16-24)19-20-9-3-1-4-10-20;/h1,3-4,9-10H,2,5-8,11-19H2,(H2,22,23);1H. The van der Waals surface area contributed by atoms with E-state index in [0.717, 1.165) is 38.6 Å². The zero-order valence-electron chi connectivity index (χ0n) is 16.6. The topological polar surface area (TPSA) is 48.1 Å². The third kappa shape index (κ3) is 7.95. The maximum atomic E-state index is 6.11. The number of unbranched alkanes of at least 4 members (excludes halogenated alkanes) is 1. The third-order valence-corrected chi connectivity index (χ3v) is 5.55. The van der Waals surface area contributed by atoms with Gasteiger partial charge in [-0.2, -0.15) is 0 Å². The lowest BCUT2D eigenvalue weighted by molar-refractivity contribution is 0.126. The first-order chi connectivity index (χ1) is 12.8. The summed E-state index contributed by atoms with van der Waals surface area (Å²) >= 11 is 0. The second-order valence-electron chi connectivity index (χ2n) is 7.60. The summed E-state index contributed by atoms with van der Waals surface area (Å²) in [6.45, 7) is 10.0. The Bertz CT molecular complexity index is 537. The summed E-state index contributed by atoms with van der Waals surface area (Å²) in [4.78, 5) is 12.0. The largest absolute Gasteiger partial charge is 0.370 e. The van der Waals surface area contributed by atoms with Gasteiger partial charge < -0.3 is 15.5 Å². The van der Waals surface area contributed by atoms with Crippen molar-refractivity contribution in [1.29, 1.82) is 0 Å². The van der Waals surface area contributed by atoms with E-state index in [0.29, 0.717) is 0 Å². The van der Waals surface area contributed by atoms with E-state index in [2.05, 4.69) is 50.0 Å². The lowest BCUT2D eigenvalue weighted by atomic mass is 10.1. The zero-order valence-corrected chi connectivity index (χ0v) is 18.9. The van der Waals surface area contributed by atoms with Crippen molar-refractivity contribution >= 4 is 29.9 Å². The Hall–Kier alpha value is -0.860. The fraction of sp³-hybridized carbons (Fsp3) is 0.667. The molecule has 0 aromatic heterocycles. The smallest absolute Gasteiger partial charge is 0.191 e. The number of likely N-dealkylation sites (tertiary alicyclic amines) is 1. The Kier molecular flexibility index (Phi) is 10.4. The highest BCUT2D eigenvalue weighted by molar-refractivity contribution is 14.0. The Morgan fingerprint density at radius 2 is 1.52 bits per heavy atom. The van der Waals surface area contributed by atoms with Crippen LogP contribution in [0.25, 0.3) is 0 Å². The van der Waals surface area contributed by atoms with E-state index in [9.17, 15) is 0 Å². The van der Waals surface area contributed by atoms with Crippen molar-refractivity contribution in [2.75, 3.05) is 52.4 Å². The minimum Gasteiger partial charge on any atom is -0.370 e. The van der Waals surface area contributed by atoms with E-state index in [4.69, 9.17) is 5.73 Å². The molecule has 2 N–H and O–H groups in total. The van der Waals surface area contributed by atoms with Gasteiger partial charge in [0.1, 0.15) is 0 Å². The molecule has 152 valence electrons. The van der Waals surface area contributed by atoms with Crippen LogP contribution in [0.3, 0.4) is 0 Å². The predicted molar refractivity (Wildman–Crippen MR) is 125 cm³/mol. The molecule has 0 radical (unpaired) electrons. The number of rotatable bonds is 7. The molecule has 2 fully saturated rings. The second kappa shape index (κ2) is 12.6. The highest BCUT2D eigenvalue weighted by Gasteiger charge is 2.16. The number of piperidine rings is 1. The van der Waals surface area contributed by atoms with Crippen LogP contribution < -0.4 is 5.73 Å². The molecule has 0 aliphatic carbocycles. The summed E-state index contributed by atoms with van der Waals surface area (Å²) in [6.07, 6.45) is 6.20. The van der Waals surface area contributed by atoms with Gasteiger partial charge in [0.05, 0.1) is 0 Å². The monoisotopic (exact) mass is 485 g/mol. The highest BCUT2D eigenvalue weighted by Crippen LogP contribution is 2.10. The fourth-order valence-electron chi connectivity index (χ4n) is 3.88. The molecular formula is C21H36IN5. The summed E-state index contributed by atoms with van der Waals surface area (Å²) in [5, 5.41) is 0. The minimum atomic E-state index is 0. The van der Waals surface area contributed by atoms with Gasteiger partial charge in [-0.15, -0.1) is 24.0 Å². The summed E-state index contributed by atoms with van der Waals surface area (Å²) in [5.41, 5.74) is 7.53. The average molecular weight is 485 g/mol. The molecule has 0 saturated carbocycles. The van der Waals surface area contributed by atoms with E-state index >= 15 is 0 Å². The molecule has 2 aliphatic rings. The number of aliphatic imine (C=N–C) groups is 1. The number of benzene rings is 1. The Morgan fingerprint density at radius 1 is 0.852 bits per heavy atom. The quantitative estimate of drug-likeness (QED) is 0.279. The Labute approximate surface area is 182 Å². The summed E-state index contributed by atoms with van der Waals surface area (Å²) in [7, 11) is 0. The number of piperazine rings is 1. The molecule has 0 amide bonds. The van der Waals surface area contributed by atoms with Gasteiger partial charge in [0.15, 0.2) is 5.96 Å². The first-order valence-corrected chi connectivity index (χ1v) is 10.3. The van der Waals surface area contributed by atoms with Gasteiger partial charge in [-0.05, 0) is 44.2 Å². The van der Waals surface area contributed by atoms with Crippen molar-refractivity contribution in [2.45, 2.75) is 38.6 Å².